The molecule has 0 unspecified atom stereocenters. The van der Waals surface area contributed by atoms with Gasteiger partial charge in [0.2, 0.25) is 0 Å². The maximum absolute atomic E-state index is 2.44. The van der Waals surface area contributed by atoms with E-state index in [9.17, 15) is 0 Å². The standard InChI is InChI=1S/C64H47N/c1-63(2)59-26-14-16-28-61(59)64(62-29-17-15-27-60(62)63)57-25-13-12-24-55(57)56-43-49(34-39-58(56)64)48-32-37-53(38-33-48)65(52-35-30-47(31-36-52)44-18-6-3-7-19-44)54-41-50(45-20-8-4-9-21-45)40-51(42-54)46-22-10-5-11-23-46/h3-43H,1-2H3. The molecule has 10 aromatic carbocycles. The topological polar surface area (TPSA) is 3.24 Å². The first-order valence-corrected chi connectivity index (χ1v) is 22.7. The summed E-state index contributed by atoms with van der Waals surface area (Å²) >= 11 is 0. The molecule has 2 aliphatic rings. The molecule has 308 valence electrons. The van der Waals surface area contributed by atoms with Crippen LogP contribution in [0, 0.1) is 0 Å². The van der Waals surface area contributed by atoms with Gasteiger partial charge in [-0.25, -0.2) is 0 Å². The number of benzene rings is 10. The van der Waals surface area contributed by atoms with Gasteiger partial charge in [0.1, 0.15) is 0 Å². The first-order valence-electron chi connectivity index (χ1n) is 22.7. The summed E-state index contributed by atoms with van der Waals surface area (Å²) in [7, 11) is 0. The van der Waals surface area contributed by atoms with Crippen molar-refractivity contribution < 1.29 is 0 Å². The van der Waals surface area contributed by atoms with Crippen molar-refractivity contribution in [1.82, 2.24) is 0 Å². The highest BCUT2D eigenvalue weighted by Crippen LogP contribution is 2.62. The van der Waals surface area contributed by atoms with Crippen molar-refractivity contribution >= 4 is 17.1 Å². The molecule has 0 atom stereocenters. The van der Waals surface area contributed by atoms with E-state index >= 15 is 0 Å². The molecule has 0 N–H and O–H groups in total. The second-order valence-corrected chi connectivity index (χ2v) is 18.1. The maximum Gasteiger partial charge on any atom is 0.0719 e. The molecule has 65 heavy (non-hydrogen) atoms. The Morgan fingerprint density at radius 2 is 0.615 bits per heavy atom. The summed E-state index contributed by atoms with van der Waals surface area (Å²) in [4.78, 5) is 2.40. The molecule has 1 heteroatoms. The zero-order valence-corrected chi connectivity index (χ0v) is 36.6. The van der Waals surface area contributed by atoms with E-state index in [1.807, 2.05) is 0 Å². The Morgan fingerprint density at radius 3 is 1.12 bits per heavy atom. The SMILES string of the molecule is CC1(C)c2ccccc2C2(c3ccccc3-c3cc(-c4ccc(N(c5ccc(-c6ccccc6)cc5)c5cc(-c6ccccc6)cc(-c6ccccc6)c5)cc4)ccc32)c2ccccc21. The van der Waals surface area contributed by atoms with Gasteiger partial charge in [-0.05, 0) is 138 Å². The van der Waals surface area contributed by atoms with Gasteiger partial charge in [-0.2, -0.15) is 0 Å². The minimum absolute atomic E-state index is 0.123. The van der Waals surface area contributed by atoms with E-state index in [0.717, 1.165) is 17.1 Å². The quantitative estimate of drug-likeness (QED) is 0.155. The Kier molecular flexibility index (Phi) is 9.14. The van der Waals surface area contributed by atoms with Gasteiger partial charge in [0.15, 0.2) is 0 Å². The predicted octanol–water partition coefficient (Wildman–Crippen LogP) is 16.8. The number of hydrogen-bond donors (Lipinski definition) is 0. The van der Waals surface area contributed by atoms with Crippen molar-refractivity contribution in [2.45, 2.75) is 24.7 Å². The maximum atomic E-state index is 2.44. The minimum Gasteiger partial charge on any atom is -0.310 e. The molecule has 0 bridgehead atoms. The molecule has 0 heterocycles. The van der Waals surface area contributed by atoms with Gasteiger partial charge in [-0.15, -0.1) is 0 Å². The van der Waals surface area contributed by atoms with Crippen molar-refractivity contribution in [2.75, 3.05) is 4.90 Å². The summed E-state index contributed by atoms with van der Waals surface area (Å²) in [6, 6.07) is 91.9. The van der Waals surface area contributed by atoms with Crippen LogP contribution < -0.4 is 4.90 Å². The molecule has 0 aromatic heterocycles. The lowest BCUT2D eigenvalue weighted by molar-refractivity contribution is 0.563. The first-order chi connectivity index (χ1) is 32.0. The first kappa shape index (κ1) is 38.7. The molecule has 2 aliphatic carbocycles. The average molecular weight is 830 g/mol. The summed E-state index contributed by atoms with van der Waals surface area (Å²) in [5, 5.41) is 0. The second-order valence-electron chi connectivity index (χ2n) is 18.1. The van der Waals surface area contributed by atoms with Gasteiger partial charge < -0.3 is 4.90 Å². The minimum atomic E-state index is -0.402. The third-order valence-electron chi connectivity index (χ3n) is 14.1. The van der Waals surface area contributed by atoms with Gasteiger partial charge in [-0.3, -0.25) is 0 Å². The third kappa shape index (κ3) is 6.22. The fraction of sp³-hybridized carbons (Fsp3) is 0.0625. The highest BCUT2D eigenvalue weighted by Gasteiger charge is 2.53. The summed E-state index contributed by atoms with van der Waals surface area (Å²) < 4.78 is 0. The van der Waals surface area contributed by atoms with E-state index in [1.54, 1.807) is 0 Å². The van der Waals surface area contributed by atoms with E-state index in [1.165, 1.54) is 89.0 Å². The zero-order chi connectivity index (χ0) is 43.5. The normalized spacial score (nSPS) is 13.6. The fourth-order valence-electron chi connectivity index (χ4n) is 11.1. The van der Waals surface area contributed by atoms with Gasteiger partial charge >= 0.3 is 0 Å². The molecule has 10 aromatic rings. The molecule has 12 rings (SSSR count). The van der Waals surface area contributed by atoms with Crippen LogP contribution in [0.5, 0.6) is 0 Å². The molecule has 0 saturated heterocycles. The van der Waals surface area contributed by atoms with Crippen molar-refractivity contribution in [1.29, 1.82) is 0 Å². The van der Waals surface area contributed by atoms with Crippen LogP contribution in [0.4, 0.5) is 17.1 Å². The smallest absolute Gasteiger partial charge is 0.0719 e. The van der Waals surface area contributed by atoms with Crippen LogP contribution in [0.1, 0.15) is 47.2 Å². The number of hydrogen-bond acceptors (Lipinski definition) is 1. The Balaban J connectivity index is 0.994. The monoisotopic (exact) mass is 829 g/mol. The number of rotatable bonds is 7. The van der Waals surface area contributed by atoms with Crippen LogP contribution in [0.15, 0.2) is 249 Å². The molecule has 0 amide bonds. The number of anilines is 3. The van der Waals surface area contributed by atoms with E-state index < -0.39 is 5.41 Å². The summed E-state index contributed by atoms with van der Waals surface area (Å²) in [5.41, 5.74) is 23.1. The average Bonchev–Trinajstić information content (AvgIpc) is 3.67. The highest BCUT2D eigenvalue weighted by molar-refractivity contribution is 5.91. The second kappa shape index (κ2) is 15.4. The Bertz CT molecular complexity index is 3260. The fourth-order valence-corrected chi connectivity index (χ4v) is 11.1. The van der Waals surface area contributed by atoms with Crippen molar-refractivity contribution in [3.63, 3.8) is 0 Å². The third-order valence-corrected chi connectivity index (χ3v) is 14.1. The lowest BCUT2D eigenvalue weighted by Crippen LogP contribution is -2.40. The van der Waals surface area contributed by atoms with E-state index in [4.69, 9.17) is 0 Å². The molecule has 1 nitrogen and oxygen atoms in total. The predicted molar refractivity (Wildman–Crippen MR) is 272 cm³/mol. The molecular formula is C64H47N. The summed E-state index contributed by atoms with van der Waals surface area (Å²) in [6.45, 7) is 4.77. The van der Waals surface area contributed by atoms with Crippen LogP contribution in [-0.2, 0) is 10.8 Å². The van der Waals surface area contributed by atoms with E-state index in [2.05, 4.69) is 267 Å². The molecule has 0 saturated carbocycles. The Hall–Kier alpha value is -8.00. The van der Waals surface area contributed by atoms with Crippen LogP contribution >= 0.6 is 0 Å². The molecule has 0 fully saturated rings. The van der Waals surface area contributed by atoms with E-state index in [0.29, 0.717) is 0 Å². The lowest BCUT2D eigenvalue weighted by atomic mass is 9.55. The van der Waals surface area contributed by atoms with Crippen LogP contribution in [0.25, 0.3) is 55.6 Å². The van der Waals surface area contributed by atoms with Gasteiger partial charge in [-0.1, -0.05) is 214 Å². The van der Waals surface area contributed by atoms with Crippen molar-refractivity contribution in [3.8, 4) is 55.6 Å². The number of fused-ring (bicyclic) bond motifs is 9. The lowest BCUT2D eigenvalue weighted by Gasteiger charge is -2.46. The Morgan fingerprint density at radius 1 is 0.246 bits per heavy atom. The van der Waals surface area contributed by atoms with Crippen molar-refractivity contribution in [2.24, 2.45) is 0 Å². The van der Waals surface area contributed by atoms with Gasteiger partial charge in [0.05, 0.1) is 5.41 Å². The molecule has 0 radical (unpaired) electrons. The van der Waals surface area contributed by atoms with E-state index in [-0.39, 0.29) is 5.41 Å². The highest BCUT2D eigenvalue weighted by atomic mass is 15.1. The molecular weight excluding hydrogens is 783 g/mol. The van der Waals surface area contributed by atoms with Crippen LogP contribution in [0.3, 0.4) is 0 Å². The zero-order valence-electron chi connectivity index (χ0n) is 36.6. The van der Waals surface area contributed by atoms with Crippen LogP contribution in [-0.4, -0.2) is 0 Å². The van der Waals surface area contributed by atoms with Gasteiger partial charge in [0.25, 0.3) is 0 Å². The summed E-state index contributed by atoms with van der Waals surface area (Å²) in [6.07, 6.45) is 0. The summed E-state index contributed by atoms with van der Waals surface area (Å²) in [5.74, 6) is 0. The largest absolute Gasteiger partial charge is 0.310 e. The van der Waals surface area contributed by atoms with Crippen LogP contribution in [0.2, 0.25) is 0 Å². The number of nitrogens with zero attached hydrogens (tertiary/aromatic N) is 1. The van der Waals surface area contributed by atoms with Gasteiger partial charge in [0, 0.05) is 22.5 Å². The Labute approximate surface area is 382 Å². The van der Waals surface area contributed by atoms with Crippen molar-refractivity contribution in [3.05, 3.63) is 282 Å². The molecule has 0 aliphatic heterocycles. The molecule has 1 spiro atoms.